The summed E-state index contributed by atoms with van der Waals surface area (Å²) in [6, 6.07) is 15.5. The predicted octanol–water partition coefficient (Wildman–Crippen LogP) is 2.86. The van der Waals surface area contributed by atoms with Crippen LogP contribution in [-0.2, 0) is 11.2 Å². The number of carbonyl (C=O) groups is 1. The van der Waals surface area contributed by atoms with E-state index in [4.69, 9.17) is 9.47 Å². The maximum absolute atomic E-state index is 11.8. The average molecular weight is 328 g/mol. The zero-order chi connectivity index (χ0) is 17.2. The second-order valence-corrected chi connectivity index (χ2v) is 5.35. The molecule has 0 spiro atoms. The van der Waals surface area contributed by atoms with Gasteiger partial charge in [0.15, 0.2) is 0 Å². The largest absolute Gasteiger partial charge is 0.497 e. The number of carbonyl (C=O) groups excluding carboxylic acids is 1. The third kappa shape index (κ3) is 5.83. The lowest BCUT2D eigenvalue weighted by molar-refractivity contribution is -0.120. The summed E-state index contributed by atoms with van der Waals surface area (Å²) in [4.78, 5) is 11.8. The monoisotopic (exact) mass is 328 g/mol. The van der Waals surface area contributed by atoms with Crippen LogP contribution < -0.4 is 20.1 Å². The molecule has 2 aromatic rings. The Morgan fingerprint density at radius 2 is 1.46 bits per heavy atom. The number of nitrogens with one attached hydrogen (secondary N) is 2. The zero-order valence-corrected chi connectivity index (χ0v) is 14.2. The van der Waals surface area contributed by atoms with Crippen LogP contribution in [0, 0.1) is 0 Å². The molecule has 0 radical (unpaired) electrons. The van der Waals surface area contributed by atoms with Crippen LogP contribution in [0.2, 0.25) is 0 Å². The third-order valence-electron chi connectivity index (χ3n) is 3.67. The highest BCUT2D eigenvalue weighted by molar-refractivity contribution is 5.76. The minimum atomic E-state index is 0.0459. The van der Waals surface area contributed by atoms with E-state index in [2.05, 4.69) is 10.6 Å². The van der Waals surface area contributed by atoms with Gasteiger partial charge in [0.05, 0.1) is 14.2 Å². The van der Waals surface area contributed by atoms with Crippen molar-refractivity contribution in [2.24, 2.45) is 0 Å². The molecule has 0 saturated heterocycles. The highest BCUT2D eigenvalue weighted by Gasteiger charge is 2.01. The van der Waals surface area contributed by atoms with Gasteiger partial charge in [-0.25, -0.2) is 0 Å². The first-order valence-electron chi connectivity index (χ1n) is 7.99. The zero-order valence-electron chi connectivity index (χ0n) is 14.2. The van der Waals surface area contributed by atoms with Gasteiger partial charge in [0, 0.05) is 25.2 Å². The Morgan fingerprint density at radius 3 is 2.04 bits per heavy atom. The summed E-state index contributed by atoms with van der Waals surface area (Å²) in [5.74, 6) is 1.70. The van der Waals surface area contributed by atoms with Crippen LogP contribution in [-0.4, -0.2) is 33.2 Å². The van der Waals surface area contributed by atoms with Crippen LogP contribution in [0.3, 0.4) is 0 Å². The van der Waals surface area contributed by atoms with Gasteiger partial charge < -0.3 is 20.1 Å². The molecule has 2 N–H and O–H groups in total. The Bertz CT molecular complexity index is 569. The van der Waals surface area contributed by atoms with E-state index in [1.165, 1.54) is 5.56 Å². The second-order valence-electron chi connectivity index (χ2n) is 5.35. The molecule has 128 valence electrons. The number of ether oxygens (including phenoxy) is 2. The summed E-state index contributed by atoms with van der Waals surface area (Å²) in [6.45, 7) is 1.23. The molecule has 0 aromatic heterocycles. The fourth-order valence-electron chi connectivity index (χ4n) is 2.26. The summed E-state index contributed by atoms with van der Waals surface area (Å²) in [6.07, 6.45) is 1.25. The molecule has 0 fully saturated rings. The second kappa shape index (κ2) is 9.45. The number of rotatable bonds is 9. The highest BCUT2D eigenvalue weighted by Crippen LogP contribution is 2.14. The van der Waals surface area contributed by atoms with Gasteiger partial charge in [-0.1, -0.05) is 12.1 Å². The van der Waals surface area contributed by atoms with Gasteiger partial charge in [-0.3, -0.25) is 4.79 Å². The summed E-state index contributed by atoms with van der Waals surface area (Å²) >= 11 is 0. The van der Waals surface area contributed by atoms with Crippen molar-refractivity contribution in [2.45, 2.75) is 12.8 Å². The van der Waals surface area contributed by atoms with Gasteiger partial charge in [-0.15, -0.1) is 0 Å². The SMILES string of the molecule is COc1ccc(CCNC(=O)CCNc2ccc(OC)cc2)cc1. The van der Waals surface area contributed by atoms with E-state index in [1.54, 1.807) is 14.2 Å². The first-order valence-corrected chi connectivity index (χ1v) is 7.99. The van der Waals surface area contributed by atoms with E-state index in [0.29, 0.717) is 19.5 Å². The van der Waals surface area contributed by atoms with Crippen molar-refractivity contribution >= 4 is 11.6 Å². The molecule has 24 heavy (non-hydrogen) atoms. The molecule has 0 unspecified atom stereocenters. The van der Waals surface area contributed by atoms with E-state index in [-0.39, 0.29) is 5.91 Å². The number of anilines is 1. The van der Waals surface area contributed by atoms with Crippen molar-refractivity contribution in [2.75, 3.05) is 32.6 Å². The Balaban J connectivity index is 1.62. The van der Waals surface area contributed by atoms with Crippen molar-refractivity contribution in [3.05, 3.63) is 54.1 Å². The van der Waals surface area contributed by atoms with Gasteiger partial charge in [-0.05, 0) is 48.4 Å². The lowest BCUT2D eigenvalue weighted by atomic mass is 10.1. The lowest BCUT2D eigenvalue weighted by Crippen LogP contribution is -2.27. The van der Waals surface area contributed by atoms with Gasteiger partial charge in [-0.2, -0.15) is 0 Å². The molecule has 0 bridgehead atoms. The standard InChI is InChI=1S/C19H24N2O3/c1-23-17-7-3-15(4-8-17)11-13-21-19(22)12-14-20-16-5-9-18(24-2)10-6-16/h3-10,20H,11-14H2,1-2H3,(H,21,22). The van der Waals surface area contributed by atoms with Crippen LogP contribution in [0.15, 0.2) is 48.5 Å². The lowest BCUT2D eigenvalue weighted by Gasteiger charge is -2.08. The first-order chi connectivity index (χ1) is 11.7. The summed E-state index contributed by atoms with van der Waals surface area (Å²) < 4.78 is 10.2. The Hall–Kier alpha value is -2.69. The number of methoxy groups -OCH3 is 2. The molecule has 5 nitrogen and oxygen atoms in total. The number of amides is 1. The van der Waals surface area contributed by atoms with Crippen LogP contribution in [0.25, 0.3) is 0 Å². The molecule has 0 heterocycles. The van der Waals surface area contributed by atoms with E-state index in [1.807, 2.05) is 48.5 Å². The summed E-state index contributed by atoms with van der Waals surface area (Å²) in [7, 11) is 3.29. The molecule has 2 rings (SSSR count). The molecule has 5 heteroatoms. The van der Waals surface area contributed by atoms with Gasteiger partial charge >= 0.3 is 0 Å². The van der Waals surface area contributed by atoms with Crippen LogP contribution in [0.4, 0.5) is 5.69 Å². The minimum absolute atomic E-state index is 0.0459. The third-order valence-corrected chi connectivity index (χ3v) is 3.67. The molecular formula is C19H24N2O3. The molecule has 0 aliphatic rings. The number of benzene rings is 2. The molecule has 2 aromatic carbocycles. The maximum atomic E-state index is 11.8. The van der Waals surface area contributed by atoms with Crippen LogP contribution in [0.1, 0.15) is 12.0 Å². The van der Waals surface area contributed by atoms with Crippen molar-refractivity contribution in [1.29, 1.82) is 0 Å². The van der Waals surface area contributed by atoms with Gasteiger partial charge in [0.2, 0.25) is 5.91 Å². The molecule has 0 aliphatic heterocycles. The molecule has 1 amide bonds. The minimum Gasteiger partial charge on any atom is -0.497 e. The maximum Gasteiger partial charge on any atom is 0.221 e. The van der Waals surface area contributed by atoms with Crippen LogP contribution in [0.5, 0.6) is 11.5 Å². The predicted molar refractivity (Wildman–Crippen MR) is 95.8 cm³/mol. The van der Waals surface area contributed by atoms with E-state index in [0.717, 1.165) is 23.6 Å². The smallest absolute Gasteiger partial charge is 0.221 e. The number of hydrogen-bond acceptors (Lipinski definition) is 4. The molecular weight excluding hydrogens is 304 g/mol. The quantitative estimate of drug-likeness (QED) is 0.743. The van der Waals surface area contributed by atoms with E-state index < -0.39 is 0 Å². The molecule has 0 aliphatic carbocycles. The summed E-state index contributed by atoms with van der Waals surface area (Å²) in [5.41, 5.74) is 2.15. The molecule has 0 saturated carbocycles. The van der Waals surface area contributed by atoms with Gasteiger partial charge in [0.25, 0.3) is 0 Å². The first kappa shape index (κ1) is 17.7. The molecule has 0 atom stereocenters. The van der Waals surface area contributed by atoms with Crippen molar-refractivity contribution in [3.63, 3.8) is 0 Å². The number of hydrogen-bond donors (Lipinski definition) is 2. The van der Waals surface area contributed by atoms with Crippen molar-refractivity contribution in [3.8, 4) is 11.5 Å². The van der Waals surface area contributed by atoms with Crippen LogP contribution >= 0.6 is 0 Å². The van der Waals surface area contributed by atoms with E-state index in [9.17, 15) is 4.79 Å². The topological polar surface area (TPSA) is 59.6 Å². The summed E-state index contributed by atoms with van der Waals surface area (Å²) in [5, 5.41) is 6.15. The normalized spacial score (nSPS) is 10.1. The average Bonchev–Trinajstić information content (AvgIpc) is 2.63. The van der Waals surface area contributed by atoms with Crippen molar-refractivity contribution in [1.82, 2.24) is 5.32 Å². The Kier molecular flexibility index (Phi) is 6.95. The highest BCUT2D eigenvalue weighted by atomic mass is 16.5. The van der Waals surface area contributed by atoms with Gasteiger partial charge in [0.1, 0.15) is 11.5 Å². The fourth-order valence-corrected chi connectivity index (χ4v) is 2.26. The Morgan fingerprint density at radius 1 is 0.875 bits per heavy atom. The fraction of sp³-hybridized carbons (Fsp3) is 0.316. The Labute approximate surface area is 143 Å². The van der Waals surface area contributed by atoms with E-state index >= 15 is 0 Å². The van der Waals surface area contributed by atoms with Crippen molar-refractivity contribution < 1.29 is 14.3 Å².